The monoisotopic (exact) mass is 802 g/mol. The Labute approximate surface area is 363 Å². The summed E-state index contributed by atoms with van der Waals surface area (Å²) in [7, 11) is 0. The van der Waals surface area contributed by atoms with Crippen LogP contribution in [0.5, 0.6) is 0 Å². The fraction of sp³-hybridized carbons (Fsp3) is 0. The number of furan rings is 1. The lowest BCUT2D eigenvalue weighted by molar-refractivity contribution is 0.669. The van der Waals surface area contributed by atoms with E-state index in [4.69, 9.17) is 4.42 Å². The van der Waals surface area contributed by atoms with Crippen molar-refractivity contribution in [1.82, 2.24) is 9.13 Å². The van der Waals surface area contributed by atoms with Gasteiger partial charge in [-0.25, -0.2) is 0 Å². The van der Waals surface area contributed by atoms with Gasteiger partial charge in [-0.15, -0.1) is 0 Å². The van der Waals surface area contributed by atoms with Gasteiger partial charge < -0.3 is 13.6 Å². The predicted molar refractivity (Wildman–Crippen MR) is 264 cm³/mol. The molecule has 10 aromatic carbocycles. The first-order valence-electron chi connectivity index (χ1n) is 21.6. The SMILES string of the molecule is c1ccc(-c2ccc(-n3c4ccccc4c4ccc(-c5cccc6c5c5ccccc5n6-c5ccc(-c6ccc(-c7ccc8oc9ccccc9c8c7)cc6)cc5)cc43)cc2)cc1. The Hall–Kier alpha value is -8.40. The van der Waals surface area contributed by atoms with Gasteiger partial charge in [-0.05, 0) is 111 Å². The largest absolute Gasteiger partial charge is 0.456 e. The molecule has 0 bridgehead atoms. The van der Waals surface area contributed by atoms with Crippen LogP contribution in [-0.4, -0.2) is 9.13 Å². The minimum Gasteiger partial charge on any atom is -0.456 e. The third kappa shape index (κ3) is 5.67. The maximum Gasteiger partial charge on any atom is 0.135 e. The topological polar surface area (TPSA) is 23.0 Å². The van der Waals surface area contributed by atoms with E-state index in [-0.39, 0.29) is 0 Å². The highest BCUT2D eigenvalue weighted by Crippen LogP contribution is 2.42. The molecule has 0 saturated heterocycles. The molecular weight excluding hydrogens is 765 g/mol. The average Bonchev–Trinajstić information content (AvgIpc) is 4.02. The van der Waals surface area contributed by atoms with E-state index in [1.54, 1.807) is 0 Å². The Morgan fingerprint density at radius 2 is 0.730 bits per heavy atom. The molecule has 0 fully saturated rings. The lowest BCUT2D eigenvalue weighted by Crippen LogP contribution is -1.94. The van der Waals surface area contributed by atoms with Crippen LogP contribution in [0.25, 0.3) is 121 Å². The highest BCUT2D eigenvalue weighted by molar-refractivity contribution is 6.17. The summed E-state index contributed by atoms with van der Waals surface area (Å²) < 4.78 is 10.9. The van der Waals surface area contributed by atoms with Crippen molar-refractivity contribution in [3.8, 4) is 55.9 Å². The van der Waals surface area contributed by atoms with Crippen molar-refractivity contribution in [2.45, 2.75) is 0 Å². The van der Waals surface area contributed by atoms with Crippen LogP contribution in [0.2, 0.25) is 0 Å². The summed E-state index contributed by atoms with van der Waals surface area (Å²) in [5.74, 6) is 0. The molecule has 0 aliphatic rings. The molecule has 3 nitrogen and oxygen atoms in total. The fourth-order valence-corrected chi connectivity index (χ4v) is 9.95. The van der Waals surface area contributed by atoms with Crippen LogP contribution in [0, 0.1) is 0 Å². The van der Waals surface area contributed by atoms with Crippen molar-refractivity contribution in [2.24, 2.45) is 0 Å². The van der Waals surface area contributed by atoms with E-state index in [2.05, 4.69) is 228 Å². The standard InChI is InChI=1S/C60H38N2O/c1-2-11-39(12-3-1)41-25-33-47(34-26-41)62-54-17-7-4-13-49(54)50-35-29-45(38-57(50)62)48-16-10-19-56-60(48)52-15-5-8-18-55(52)61(56)46-31-27-42(28-32-46)40-21-23-43(24-22-40)44-30-36-59-53(37-44)51-14-6-9-20-58(51)63-59/h1-38H. The number of rotatable bonds is 6. The number of hydrogen-bond donors (Lipinski definition) is 0. The van der Waals surface area contributed by atoms with Crippen molar-refractivity contribution < 1.29 is 4.42 Å². The van der Waals surface area contributed by atoms with E-state index in [1.807, 2.05) is 12.1 Å². The molecule has 0 N–H and O–H groups in total. The van der Waals surface area contributed by atoms with E-state index in [1.165, 1.54) is 88.1 Å². The lowest BCUT2D eigenvalue weighted by Gasteiger charge is -2.12. The number of benzene rings is 10. The summed E-state index contributed by atoms with van der Waals surface area (Å²) in [6.07, 6.45) is 0. The highest BCUT2D eigenvalue weighted by atomic mass is 16.3. The van der Waals surface area contributed by atoms with Crippen LogP contribution in [0.15, 0.2) is 235 Å². The van der Waals surface area contributed by atoms with Crippen molar-refractivity contribution in [1.29, 1.82) is 0 Å². The molecule has 3 heteroatoms. The third-order valence-corrected chi connectivity index (χ3v) is 13.0. The van der Waals surface area contributed by atoms with Crippen LogP contribution in [0.4, 0.5) is 0 Å². The maximum atomic E-state index is 6.08. The minimum atomic E-state index is 0.916. The zero-order valence-corrected chi connectivity index (χ0v) is 34.2. The first-order chi connectivity index (χ1) is 31.2. The highest BCUT2D eigenvalue weighted by Gasteiger charge is 2.19. The molecule has 13 aromatic rings. The molecule has 0 atom stereocenters. The van der Waals surface area contributed by atoms with Gasteiger partial charge in [-0.3, -0.25) is 0 Å². The zero-order valence-electron chi connectivity index (χ0n) is 34.2. The van der Waals surface area contributed by atoms with Gasteiger partial charge in [0.25, 0.3) is 0 Å². The Bertz CT molecular complexity index is 3870. The van der Waals surface area contributed by atoms with Gasteiger partial charge in [0.05, 0.1) is 22.1 Å². The van der Waals surface area contributed by atoms with E-state index >= 15 is 0 Å². The first-order valence-corrected chi connectivity index (χ1v) is 21.6. The summed E-state index contributed by atoms with van der Waals surface area (Å²) in [4.78, 5) is 0. The number of hydrogen-bond acceptors (Lipinski definition) is 1. The summed E-state index contributed by atoms with van der Waals surface area (Å²) in [5, 5.41) is 7.28. The van der Waals surface area contributed by atoms with Gasteiger partial charge in [-0.2, -0.15) is 0 Å². The van der Waals surface area contributed by atoms with Gasteiger partial charge in [0.2, 0.25) is 0 Å². The Morgan fingerprint density at radius 3 is 1.44 bits per heavy atom. The number of nitrogens with zero attached hydrogens (tertiary/aromatic N) is 2. The van der Waals surface area contributed by atoms with Gasteiger partial charge in [-0.1, -0.05) is 164 Å². The fourth-order valence-electron chi connectivity index (χ4n) is 9.95. The van der Waals surface area contributed by atoms with E-state index in [0.29, 0.717) is 0 Å². The summed E-state index contributed by atoms with van der Waals surface area (Å²) >= 11 is 0. The van der Waals surface area contributed by atoms with Crippen molar-refractivity contribution in [3.63, 3.8) is 0 Å². The first kappa shape index (κ1) is 35.4. The lowest BCUT2D eigenvalue weighted by atomic mass is 9.98. The molecule has 0 amide bonds. The molecule has 3 heterocycles. The number of aromatic nitrogens is 2. The molecule has 13 rings (SSSR count). The second-order valence-corrected chi connectivity index (χ2v) is 16.5. The normalized spacial score (nSPS) is 11.8. The van der Waals surface area contributed by atoms with Gasteiger partial charge >= 0.3 is 0 Å². The van der Waals surface area contributed by atoms with Crippen LogP contribution < -0.4 is 0 Å². The van der Waals surface area contributed by atoms with E-state index < -0.39 is 0 Å². The van der Waals surface area contributed by atoms with Crippen LogP contribution in [0.3, 0.4) is 0 Å². The number of para-hydroxylation sites is 3. The van der Waals surface area contributed by atoms with Crippen molar-refractivity contribution in [3.05, 3.63) is 231 Å². The molecule has 0 aliphatic carbocycles. The quantitative estimate of drug-likeness (QED) is 0.164. The summed E-state index contributed by atoms with van der Waals surface area (Å²) in [6, 6.07) is 83.5. The molecule has 0 saturated carbocycles. The molecule has 294 valence electrons. The second-order valence-electron chi connectivity index (χ2n) is 16.5. The summed E-state index contributed by atoms with van der Waals surface area (Å²) in [6.45, 7) is 0. The summed E-state index contributed by atoms with van der Waals surface area (Å²) in [5.41, 5.74) is 18.5. The molecule has 0 aliphatic heterocycles. The Balaban J connectivity index is 0.878. The van der Waals surface area contributed by atoms with Crippen molar-refractivity contribution >= 4 is 65.6 Å². The molecule has 0 unspecified atom stereocenters. The molecule has 0 spiro atoms. The predicted octanol–water partition coefficient (Wildman–Crippen LogP) is 16.4. The third-order valence-electron chi connectivity index (χ3n) is 13.0. The Morgan fingerprint density at radius 1 is 0.254 bits per heavy atom. The van der Waals surface area contributed by atoms with E-state index in [9.17, 15) is 0 Å². The zero-order chi connectivity index (χ0) is 41.4. The molecule has 63 heavy (non-hydrogen) atoms. The van der Waals surface area contributed by atoms with Gasteiger partial charge in [0, 0.05) is 43.7 Å². The molecule has 0 radical (unpaired) electrons. The van der Waals surface area contributed by atoms with Gasteiger partial charge in [0.15, 0.2) is 0 Å². The molecular formula is C60H38N2O. The average molecular weight is 803 g/mol. The van der Waals surface area contributed by atoms with Gasteiger partial charge in [0.1, 0.15) is 11.2 Å². The molecule has 3 aromatic heterocycles. The smallest absolute Gasteiger partial charge is 0.135 e. The Kier molecular flexibility index (Phi) is 7.91. The van der Waals surface area contributed by atoms with Crippen molar-refractivity contribution in [2.75, 3.05) is 0 Å². The minimum absolute atomic E-state index is 0.916. The van der Waals surface area contributed by atoms with E-state index in [0.717, 1.165) is 33.3 Å². The maximum absolute atomic E-state index is 6.08. The number of fused-ring (bicyclic) bond motifs is 9. The second kappa shape index (κ2) is 14.1. The van der Waals surface area contributed by atoms with Crippen LogP contribution >= 0.6 is 0 Å². The van der Waals surface area contributed by atoms with Crippen LogP contribution in [-0.2, 0) is 0 Å². The van der Waals surface area contributed by atoms with Crippen LogP contribution in [0.1, 0.15) is 0 Å².